The van der Waals surface area contributed by atoms with Crippen molar-refractivity contribution in [2.24, 2.45) is 5.73 Å². The molecular weight excluding hydrogens is 297 g/mol. The molecule has 6 heteroatoms. The normalized spacial score (nSPS) is 12.4. The van der Waals surface area contributed by atoms with Gasteiger partial charge in [-0.1, -0.05) is 15.9 Å². The van der Waals surface area contributed by atoms with E-state index in [4.69, 9.17) is 10.8 Å². The van der Waals surface area contributed by atoms with Crippen LogP contribution in [0.5, 0.6) is 0 Å². The molecule has 0 aliphatic heterocycles. The molecule has 0 saturated carbocycles. The molecule has 0 fully saturated rings. The van der Waals surface area contributed by atoms with Crippen LogP contribution in [0, 0.1) is 5.82 Å². The van der Waals surface area contributed by atoms with Crippen molar-refractivity contribution in [3.05, 3.63) is 34.1 Å². The lowest BCUT2D eigenvalue weighted by Gasteiger charge is -2.07. The van der Waals surface area contributed by atoms with Crippen LogP contribution < -0.4 is 5.73 Å². The Morgan fingerprint density at radius 1 is 1.62 bits per heavy atom. The molecule has 16 heavy (non-hydrogen) atoms. The predicted octanol–water partition coefficient (Wildman–Crippen LogP) is 2.23. The van der Waals surface area contributed by atoms with Gasteiger partial charge in [0.05, 0.1) is 0 Å². The summed E-state index contributed by atoms with van der Waals surface area (Å²) in [4.78, 5) is 10.4. The summed E-state index contributed by atoms with van der Waals surface area (Å²) in [6, 6.07) is 3.76. The van der Waals surface area contributed by atoms with Crippen molar-refractivity contribution < 1.29 is 14.3 Å². The number of carboxylic acids is 1. The molecule has 3 nitrogen and oxygen atoms in total. The first-order valence-corrected chi connectivity index (χ1v) is 6.45. The van der Waals surface area contributed by atoms with Gasteiger partial charge in [-0.05, 0) is 23.8 Å². The average molecular weight is 308 g/mol. The van der Waals surface area contributed by atoms with Crippen molar-refractivity contribution in [2.75, 3.05) is 5.75 Å². The summed E-state index contributed by atoms with van der Waals surface area (Å²) in [6.07, 6.45) is 0. The zero-order valence-corrected chi connectivity index (χ0v) is 10.7. The van der Waals surface area contributed by atoms with E-state index in [2.05, 4.69) is 15.9 Å². The fraction of sp³-hybridized carbons (Fsp3) is 0.300. The molecule has 0 spiro atoms. The van der Waals surface area contributed by atoms with Crippen LogP contribution in [0.3, 0.4) is 0 Å². The molecule has 0 saturated heterocycles. The van der Waals surface area contributed by atoms with Crippen LogP contribution >= 0.6 is 27.7 Å². The molecule has 1 aromatic carbocycles. The van der Waals surface area contributed by atoms with Gasteiger partial charge in [0.25, 0.3) is 0 Å². The van der Waals surface area contributed by atoms with Crippen molar-refractivity contribution in [2.45, 2.75) is 11.8 Å². The van der Waals surface area contributed by atoms with Crippen LogP contribution in [-0.4, -0.2) is 22.9 Å². The quantitative estimate of drug-likeness (QED) is 0.875. The smallest absolute Gasteiger partial charge is 0.321 e. The van der Waals surface area contributed by atoms with E-state index in [1.807, 2.05) is 0 Å². The lowest BCUT2D eigenvalue weighted by atomic mass is 10.2. The standard InChI is InChI=1S/C10H11BrFNO2S/c11-7-1-2-8(12)6(3-7)4-16-5-9(13)10(14)15/h1-3,9H,4-5,13H2,(H,14,15). The molecule has 1 atom stereocenters. The Hall–Kier alpha value is -0.590. The van der Waals surface area contributed by atoms with Crippen molar-refractivity contribution in [3.63, 3.8) is 0 Å². The summed E-state index contributed by atoms with van der Waals surface area (Å²) >= 11 is 4.54. The number of hydrogen-bond donors (Lipinski definition) is 2. The Bertz CT molecular complexity index is 389. The maximum Gasteiger partial charge on any atom is 0.321 e. The minimum Gasteiger partial charge on any atom is -0.480 e. The van der Waals surface area contributed by atoms with Crippen LogP contribution in [0.15, 0.2) is 22.7 Å². The van der Waals surface area contributed by atoms with Crippen LogP contribution in [0.4, 0.5) is 4.39 Å². The van der Waals surface area contributed by atoms with Gasteiger partial charge >= 0.3 is 5.97 Å². The van der Waals surface area contributed by atoms with E-state index in [-0.39, 0.29) is 11.6 Å². The molecule has 3 N–H and O–H groups in total. The third kappa shape index (κ3) is 4.11. The molecule has 88 valence electrons. The summed E-state index contributed by atoms with van der Waals surface area (Å²) in [6.45, 7) is 0. The summed E-state index contributed by atoms with van der Waals surface area (Å²) in [5, 5.41) is 8.56. The number of thioether (sulfide) groups is 1. The predicted molar refractivity (Wildman–Crippen MR) is 65.9 cm³/mol. The van der Waals surface area contributed by atoms with Gasteiger partial charge in [-0.15, -0.1) is 0 Å². The topological polar surface area (TPSA) is 63.3 Å². The second-order valence-electron chi connectivity index (χ2n) is 3.20. The molecule has 1 unspecified atom stereocenters. The van der Waals surface area contributed by atoms with E-state index >= 15 is 0 Å². The van der Waals surface area contributed by atoms with Crippen molar-refractivity contribution in [1.29, 1.82) is 0 Å². The molecule has 1 rings (SSSR count). The number of hydrogen-bond acceptors (Lipinski definition) is 3. The summed E-state index contributed by atoms with van der Waals surface area (Å²) < 4.78 is 14.1. The molecule has 0 bridgehead atoms. The summed E-state index contributed by atoms with van der Waals surface area (Å²) in [5.41, 5.74) is 5.86. The minimum atomic E-state index is -1.04. The van der Waals surface area contributed by atoms with Gasteiger partial charge in [-0.2, -0.15) is 11.8 Å². The third-order valence-corrected chi connectivity index (χ3v) is 3.48. The molecule has 0 aliphatic rings. The second kappa shape index (κ2) is 6.22. The number of carboxylic acid groups (broad SMARTS) is 1. The highest BCUT2D eigenvalue weighted by atomic mass is 79.9. The Balaban J connectivity index is 2.48. The number of benzene rings is 1. The first-order chi connectivity index (χ1) is 7.50. The zero-order chi connectivity index (χ0) is 12.1. The number of halogens is 2. The highest BCUT2D eigenvalue weighted by molar-refractivity contribution is 9.10. The molecule has 0 aromatic heterocycles. The molecule has 0 heterocycles. The number of carbonyl (C=O) groups is 1. The number of nitrogens with two attached hydrogens (primary N) is 1. The van der Waals surface area contributed by atoms with Crippen LogP contribution in [0.25, 0.3) is 0 Å². The zero-order valence-electron chi connectivity index (χ0n) is 8.32. The van der Waals surface area contributed by atoms with Crippen molar-refractivity contribution >= 4 is 33.7 Å². The van der Waals surface area contributed by atoms with Gasteiger partial charge in [0, 0.05) is 16.0 Å². The van der Waals surface area contributed by atoms with Gasteiger partial charge in [0.2, 0.25) is 0 Å². The van der Waals surface area contributed by atoms with Crippen LogP contribution in [0.1, 0.15) is 5.56 Å². The molecule has 0 amide bonds. The highest BCUT2D eigenvalue weighted by Gasteiger charge is 2.11. The van der Waals surface area contributed by atoms with E-state index < -0.39 is 12.0 Å². The summed E-state index contributed by atoms with van der Waals surface area (Å²) in [7, 11) is 0. The van der Waals surface area contributed by atoms with E-state index in [0.29, 0.717) is 11.3 Å². The number of rotatable bonds is 5. The Kier molecular flexibility index (Phi) is 5.24. The molecule has 0 aliphatic carbocycles. The minimum absolute atomic E-state index is 0.265. The first kappa shape index (κ1) is 13.5. The molecular formula is C10H11BrFNO2S. The Morgan fingerprint density at radius 2 is 2.31 bits per heavy atom. The van der Waals surface area contributed by atoms with Gasteiger partial charge in [0.15, 0.2) is 0 Å². The van der Waals surface area contributed by atoms with Gasteiger partial charge in [-0.3, -0.25) is 4.79 Å². The lowest BCUT2D eigenvalue weighted by Crippen LogP contribution is -2.32. The van der Waals surface area contributed by atoms with E-state index in [9.17, 15) is 9.18 Å². The van der Waals surface area contributed by atoms with Gasteiger partial charge in [-0.25, -0.2) is 4.39 Å². The highest BCUT2D eigenvalue weighted by Crippen LogP contribution is 2.20. The van der Waals surface area contributed by atoms with Gasteiger partial charge < -0.3 is 10.8 Å². The number of aliphatic carboxylic acids is 1. The maximum absolute atomic E-state index is 13.3. The first-order valence-electron chi connectivity index (χ1n) is 4.50. The van der Waals surface area contributed by atoms with E-state index in [1.165, 1.54) is 17.8 Å². The van der Waals surface area contributed by atoms with Gasteiger partial charge in [0.1, 0.15) is 11.9 Å². The lowest BCUT2D eigenvalue weighted by molar-refractivity contribution is -0.137. The molecule has 1 aromatic rings. The SMILES string of the molecule is NC(CSCc1cc(Br)ccc1F)C(=O)O. The van der Waals surface area contributed by atoms with Crippen LogP contribution in [-0.2, 0) is 10.5 Å². The maximum atomic E-state index is 13.3. The fourth-order valence-corrected chi connectivity index (χ4v) is 2.39. The monoisotopic (exact) mass is 307 g/mol. The largest absolute Gasteiger partial charge is 0.480 e. The van der Waals surface area contributed by atoms with Crippen molar-refractivity contribution in [1.82, 2.24) is 0 Å². The van der Waals surface area contributed by atoms with Crippen molar-refractivity contribution in [3.8, 4) is 0 Å². The summed E-state index contributed by atoms with van der Waals surface area (Å²) in [5.74, 6) is -0.658. The Morgan fingerprint density at radius 3 is 2.94 bits per heavy atom. The molecule has 0 radical (unpaired) electrons. The van der Waals surface area contributed by atoms with Crippen LogP contribution in [0.2, 0.25) is 0 Å². The van der Waals surface area contributed by atoms with E-state index in [1.54, 1.807) is 12.1 Å². The van der Waals surface area contributed by atoms with E-state index in [0.717, 1.165) is 4.47 Å². The second-order valence-corrected chi connectivity index (χ2v) is 5.14. The Labute approximate surface area is 105 Å². The third-order valence-electron chi connectivity index (χ3n) is 1.88. The average Bonchev–Trinajstić information content (AvgIpc) is 2.22. The fourth-order valence-electron chi connectivity index (χ4n) is 1.02.